The van der Waals surface area contributed by atoms with Crippen LogP contribution in [0.4, 0.5) is 4.39 Å². The normalized spacial score (nSPS) is 25.9. The van der Waals surface area contributed by atoms with Gasteiger partial charge in [0.15, 0.2) is 0 Å². The zero-order valence-corrected chi connectivity index (χ0v) is 12.7. The molecule has 1 aromatic carbocycles. The molecule has 0 aromatic heterocycles. The Balaban J connectivity index is 1.73. The third-order valence-corrected chi connectivity index (χ3v) is 5.04. The molecule has 1 aromatic rings. The molecule has 1 atom stereocenters. The summed E-state index contributed by atoms with van der Waals surface area (Å²) in [5.41, 5.74) is 0.790. The molecular formula is C15H18Cl2FNO. The van der Waals surface area contributed by atoms with Gasteiger partial charge in [-0.3, -0.25) is 0 Å². The first-order valence-corrected chi connectivity index (χ1v) is 7.86. The Kier molecular flexibility index (Phi) is 4.23. The van der Waals surface area contributed by atoms with Crippen molar-refractivity contribution in [2.75, 3.05) is 13.2 Å². The lowest BCUT2D eigenvalue weighted by Gasteiger charge is -2.44. The van der Waals surface area contributed by atoms with Crippen LogP contribution in [0.2, 0.25) is 10.0 Å². The molecule has 1 saturated heterocycles. The first kappa shape index (κ1) is 14.6. The van der Waals surface area contributed by atoms with E-state index in [1.54, 1.807) is 0 Å². The van der Waals surface area contributed by atoms with Gasteiger partial charge in [-0.05, 0) is 25.0 Å². The molecule has 2 fully saturated rings. The molecule has 0 amide bonds. The Morgan fingerprint density at radius 2 is 1.90 bits per heavy atom. The zero-order valence-electron chi connectivity index (χ0n) is 11.2. The molecule has 1 aliphatic carbocycles. The molecule has 2 nitrogen and oxygen atoms in total. The fourth-order valence-electron chi connectivity index (χ4n) is 3.21. The molecule has 110 valence electrons. The standard InChI is InChI=1S/C15H18Cl2FNO/c16-11-7-12(17)13(18)6-10(11)14-8-19-15(9-20-14)4-2-1-3-5-15/h6-7,14,19H,1-5,8-9H2. The summed E-state index contributed by atoms with van der Waals surface area (Å²) >= 11 is 11.9. The van der Waals surface area contributed by atoms with Crippen LogP contribution in [0, 0.1) is 5.82 Å². The van der Waals surface area contributed by atoms with Gasteiger partial charge in [-0.1, -0.05) is 42.5 Å². The van der Waals surface area contributed by atoms with Gasteiger partial charge in [0.25, 0.3) is 0 Å². The van der Waals surface area contributed by atoms with E-state index < -0.39 is 5.82 Å². The Hall–Kier alpha value is -0.350. The lowest BCUT2D eigenvalue weighted by molar-refractivity contribution is -0.0467. The number of hydrogen-bond donors (Lipinski definition) is 1. The summed E-state index contributed by atoms with van der Waals surface area (Å²) in [5, 5.41) is 4.11. The monoisotopic (exact) mass is 317 g/mol. The van der Waals surface area contributed by atoms with E-state index in [0.29, 0.717) is 23.7 Å². The second-order valence-electron chi connectivity index (χ2n) is 5.81. The van der Waals surface area contributed by atoms with Gasteiger partial charge < -0.3 is 10.1 Å². The van der Waals surface area contributed by atoms with Crippen LogP contribution in [-0.2, 0) is 4.74 Å². The summed E-state index contributed by atoms with van der Waals surface area (Å²) in [5.74, 6) is -0.451. The highest BCUT2D eigenvalue weighted by Crippen LogP contribution is 2.36. The maximum Gasteiger partial charge on any atom is 0.142 e. The molecule has 3 rings (SSSR count). The number of hydrogen-bond acceptors (Lipinski definition) is 2. The van der Waals surface area contributed by atoms with Crippen LogP contribution in [-0.4, -0.2) is 18.7 Å². The molecule has 20 heavy (non-hydrogen) atoms. The lowest BCUT2D eigenvalue weighted by Crippen LogP contribution is -2.55. The average Bonchev–Trinajstić information content (AvgIpc) is 2.45. The number of ether oxygens (including phenoxy) is 1. The first-order chi connectivity index (χ1) is 9.60. The van der Waals surface area contributed by atoms with Crippen LogP contribution < -0.4 is 5.32 Å². The third kappa shape index (κ3) is 2.82. The summed E-state index contributed by atoms with van der Waals surface area (Å²) in [4.78, 5) is 0. The summed E-state index contributed by atoms with van der Waals surface area (Å²) in [6.45, 7) is 1.33. The van der Waals surface area contributed by atoms with Gasteiger partial charge in [-0.25, -0.2) is 4.39 Å². The van der Waals surface area contributed by atoms with Crippen molar-refractivity contribution in [3.8, 4) is 0 Å². The van der Waals surface area contributed by atoms with E-state index in [9.17, 15) is 4.39 Å². The van der Waals surface area contributed by atoms with Gasteiger partial charge in [0, 0.05) is 22.7 Å². The highest BCUT2D eigenvalue weighted by atomic mass is 35.5. The van der Waals surface area contributed by atoms with Crippen LogP contribution in [0.15, 0.2) is 12.1 Å². The lowest BCUT2D eigenvalue weighted by atomic mass is 9.81. The van der Waals surface area contributed by atoms with Gasteiger partial charge in [0.2, 0.25) is 0 Å². The summed E-state index contributed by atoms with van der Waals surface area (Å²) < 4.78 is 19.6. The maximum absolute atomic E-state index is 13.6. The number of benzene rings is 1. The molecule has 1 saturated carbocycles. The Morgan fingerprint density at radius 3 is 2.55 bits per heavy atom. The van der Waals surface area contributed by atoms with Crippen molar-refractivity contribution < 1.29 is 9.13 Å². The van der Waals surface area contributed by atoms with Gasteiger partial charge in [-0.15, -0.1) is 0 Å². The molecule has 1 heterocycles. The molecular weight excluding hydrogens is 300 g/mol. The fraction of sp³-hybridized carbons (Fsp3) is 0.600. The minimum Gasteiger partial charge on any atom is -0.370 e. The largest absolute Gasteiger partial charge is 0.370 e. The van der Waals surface area contributed by atoms with Crippen molar-refractivity contribution in [2.45, 2.75) is 43.7 Å². The third-order valence-electron chi connectivity index (χ3n) is 4.42. The molecule has 0 bridgehead atoms. The van der Waals surface area contributed by atoms with Gasteiger partial charge in [0.05, 0.1) is 17.7 Å². The minimum absolute atomic E-state index is 0.0475. The summed E-state index contributed by atoms with van der Waals surface area (Å²) in [6.07, 6.45) is 5.91. The molecule has 1 spiro atoms. The number of morpholine rings is 1. The number of halogens is 3. The molecule has 1 aliphatic heterocycles. The molecule has 1 unspecified atom stereocenters. The summed E-state index contributed by atoms with van der Waals surface area (Å²) in [6, 6.07) is 2.83. The fourth-order valence-corrected chi connectivity index (χ4v) is 3.72. The Morgan fingerprint density at radius 1 is 1.15 bits per heavy atom. The SMILES string of the molecule is Fc1cc(C2CNC3(CCCCC3)CO2)c(Cl)cc1Cl. The van der Waals surface area contributed by atoms with Crippen molar-refractivity contribution in [3.63, 3.8) is 0 Å². The predicted molar refractivity (Wildman–Crippen MR) is 78.9 cm³/mol. The van der Waals surface area contributed by atoms with E-state index >= 15 is 0 Å². The molecule has 5 heteroatoms. The van der Waals surface area contributed by atoms with Crippen molar-refractivity contribution in [2.24, 2.45) is 0 Å². The van der Waals surface area contributed by atoms with Gasteiger partial charge >= 0.3 is 0 Å². The topological polar surface area (TPSA) is 21.3 Å². The Labute approximate surface area is 128 Å². The highest BCUT2D eigenvalue weighted by Gasteiger charge is 2.37. The zero-order chi connectivity index (χ0) is 14.2. The number of rotatable bonds is 1. The smallest absolute Gasteiger partial charge is 0.142 e. The first-order valence-electron chi connectivity index (χ1n) is 7.11. The predicted octanol–water partition coefficient (Wildman–Crippen LogP) is 4.50. The highest BCUT2D eigenvalue weighted by molar-refractivity contribution is 6.35. The van der Waals surface area contributed by atoms with Crippen molar-refractivity contribution in [1.82, 2.24) is 5.32 Å². The second kappa shape index (κ2) is 5.80. The van der Waals surface area contributed by atoms with Crippen LogP contribution in [0.5, 0.6) is 0 Å². The van der Waals surface area contributed by atoms with E-state index in [1.807, 2.05) is 0 Å². The van der Waals surface area contributed by atoms with Gasteiger partial charge in [-0.2, -0.15) is 0 Å². The van der Waals surface area contributed by atoms with E-state index in [2.05, 4.69) is 5.32 Å². The van der Waals surface area contributed by atoms with Crippen LogP contribution in [0.3, 0.4) is 0 Å². The van der Waals surface area contributed by atoms with E-state index in [4.69, 9.17) is 27.9 Å². The maximum atomic E-state index is 13.6. The van der Waals surface area contributed by atoms with Crippen molar-refractivity contribution in [3.05, 3.63) is 33.6 Å². The van der Waals surface area contributed by atoms with Crippen LogP contribution in [0.1, 0.15) is 43.8 Å². The molecule has 0 radical (unpaired) electrons. The van der Waals surface area contributed by atoms with E-state index in [0.717, 1.165) is 12.8 Å². The van der Waals surface area contributed by atoms with Crippen LogP contribution >= 0.6 is 23.2 Å². The van der Waals surface area contributed by atoms with Crippen LogP contribution in [0.25, 0.3) is 0 Å². The Bertz CT molecular complexity index is 493. The van der Waals surface area contributed by atoms with E-state index in [-0.39, 0.29) is 16.7 Å². The van der Waals surface area contributed by atoms with E-state index in [1.165, 1.54) is 31.4 Å². The quantitative estimate of drug-likeness (QED) is 0.770. The average molecular weight is 318 g/mol. The minimum atomic E-state index is -0.451. The van der Waals surface area contributed by atoms with Crippen molar-refractivity contribution >= 4 is 23.2 Å². The molecule has 2 aliphatic rings. The summed E-state index contributed by atoms with van der Waals surface area (Å²) in [7, 11) is 0. The second-order valence-corrected chi connectivity index (χ2v) is 6.62. The van der Waals surface area contributed by atoms with Gasteiger partial charge in [0.1, 0.15) is 5.82 Å². The number of nitrogens with one attached hydrogen (secondary N) is 1. The molecule has 1 N–H and O–H groups in total. The van der Waals surface area contributed by atoms with Crippen molar-refractivity contribution in [1.29, 1.82) is 0 Å².